The van der Waals surface area contributed by atoms with Crippen molar-refractivity contribution in [3.63, 3.8) is 0 Å². The number of hydrogen-bond acceptors (Lipinski definition) is 4. The summed E-state index contributed by atoms with van der Waals surface area (Å²) in [5.41, 5.74) is 1.65. The second-order valence-corrected chi connectivity index (χ2v) is 3.66. The third-order valence-electron chi connectivity index (χ3n) is 2.38. The molecule has 0 amide bonds. The summed E-state index contributed by atoms with van der Waals surface area (Å²) < 4.78 is 0. The van der Waals surface area contributed by atoms with E-state index >= 15 is 0 Å². The normalized spacial score (nSPS) is 9.82. The van der Waals surface area contributed by atoms with Crippen LogP contribution in [0.4, 0.5) is 5.69 Å². The summed E-state index contributed by atoms with van der Waals surface area (Å²) in [6, 6.07) is 9.58. The van der Waals surface area contributed by atoms with Crippen molar-refractivity contribution in [2.75, 3.05) is 11.9 Å². The van der Waals surface area contributed by atoms with Crippen molar-refractivity contribution in [3.05, 3.63) is 42.0 Å². The van der Waals surface area contributed by atoms with Gasteiger partial charge in [0.05, 0.1) is 11.6 Å². The Morgan fingerprint density at radius 1 is 1.41 bits per heavy atom. The van der Waals surface area contributed by atoms with Gasteiger partial charge < -0.3 is 5.32 Å². The van der Waals surface area contributed by atoms with Crippen molar-refractivity contribution < 1.29 is 0 Å². The van der Waals surface area contributed by atoms with Gasteiger partial charge in [-0.1, -0.05) is 6.07 Å². The zero-order chi connectivity index (χ0) is 11.9. The maximum atomic E-state index is 8.76. The number of aromatic amines is 1. The first-order valence-electron chi connectivity index (χ1n) is 5.47. The number of aryl methyl sites for hydroxylation is 1. The topological polar surface area (TPSA) is 77.4 Å². The molecule has 5 nitrogen and oxygen atoms in total. The fraction of sp³-hybridized carbons (Fsp3) is 0.250. The highest BCUT2D eigenvalue weighted by Crippen LogP contribution is 2.09. The smallest absolute Gasteiger partial charge is 0.137 e. The van der Waals surface area contributed by atoms with Crippen LogP contribution >= 0.6 is 0 Å². The first-order chi connectivity index (χ1) is 8.38. The Balaban J connectivity index is 1.76. The van der Waals surface area contributed by atoms with E-state index < -0.39 is 0 Å². The van der Waals surface area contributed by atoms with Crippen LogP contribution in [-0.2, 0) is 6.42 Å². The van der Waals surface area contributed by atoms with Gasteiger partial charge >= 0.3 is 0 Å². The van der Waals surface area contributed by atoms with Gasteiger partial charge in [-0.2, -0.15) is 10.4 Å². The zero-order valence-electron chi connectivity index (χ0n) is 9.35. The predicted molar refractivity (Wildman–Crippen MR) is 64.4 cm³/mol. The van der Waals surface area contributed by atoms with E-state index in [1.54, 1.807) is 6.07 Å². The van der Waals surface area contributed by atoms with Crippen LogP contribution in [0.1, 0.15) is 17.8 Å². The third kappa shape index (κ3) is 3.31. The van der Waals surface area contributed by atoms with Crippen LogP contribution in [0.2, 0.25) is 0 Å². The molecule has 2 rings (SSSR count). The number of nitrogens with one attached hydrogen (secondary N) is 2. The zero-order valence-corrected chi connectivity index (χ0v) is 9.35. The number of H-pyrrole nitrogens is 1. The first kappa shape index (κ1) is 11.1. The first-order valence-corrected chi connectivity index (χ1v) is 5.47. The number of nitriles is 1. The maximum Gasteiger partial charge on any atom is 0.137 e. The number of nitrogens with zero attached hydrogens (tertiary/aromatic N) is 3. The molecule has 1 aromatic heterocycles. The lowest BCUT2D eigenvalue weighted by atomic mass is 10.2. The van der Waals surface area contributed by atoms with Crippen molar-refractivity contribution in [2.45, 2.75) is 12.8 Å². The van der Waals surface area contributed by atoms with Gasteiger partial charge in [-0.25, -0.2) is 4.98 Å². The number of hydrogen-bond donors (Lipinski definition) is 2. The Morgan fingerprint density at radius 3 is 3.12 bits per heavy atom. The maximum absolute atomic E-state index is 8.76. The molecule has 0 saturated heterocycles. The highest BCUT2D eigenvalue weighted by atomic mass is 15.2. The van der Waals surface area contributed by atoms with E-state index in [1.165, 1.54) is 6.33 Å². The van der Waals surface area contributed by atoms with E-state index in [1.807, 2.05) is 18.2 Å². The van der Waals surface area contributed by atoms with E-state index in [0.29, 0.717) is 5.56 Å². The molecule has 0 fully saturated rings. The minimum absolute atomic E-state index is 0.672. The van der Waals surface area contributed by atoms with Gasteiger partial charge in [0.2, 0.25) is 0 Å². The van der Waals surface area contributed by atoms with Crippen molar-refractivity contribution in [3.8, 4) is 6.07 Å². The molecule has 17 heavy (non-hydrogen) atoms. The third-order valence-corrected chi connectivity index (χ3v) is 2.38. The predicted octanol–water partition coefficient (Wildman–Crippen LogP) is 1.72. The Hall–Kier alpha value is -2.35. The Labute approximate surface area is 99.5 Å². The van der Waals surface area contributed by atoms with Crippen molar-refractivity contribution in [1.82, 2.24) is 15.2 Å². The van der Waals surface area contributed by atoms with Crippen molar-refractivity contribution in [1.29, 1.82) is 5.26 Å². The number of anilines is 1. The fourth-order valence-corrected chi connectivity index (χ4v) is 1.54. The quantitative estimate of drug-likeness (QED) is 0.762. The molecule has 0 aliphatic rings. The van der Waals surface area contributed by atoms with Gasteiger partial charge in [0, 0.05) is 18.7 Å². The van der Waals surface area contributed by atoms with Crippen LogP contribution < -0.4 is 5.32 Å². The van der Waals surface area contributed by atoms with Crippen LogP contribution in [0.25, 0.3) is 0 Å². The summed E-state index contributed by atoms with van der Waals surface area (Å²) in [6.45, 7) is 0.843. The Bertz CT molecular complexity index is 498. The molecule has 5 heteroatoms. The molecule has 2 N–H and O–H groups in total. The second kappa shape index (κ2) is 5.66. The number of aromatic nitrogens is 3. The van der Waals surface area contributed by atoms with Gasteiger partial charge in [-0.15, -0.1) is 0 Å². The lowest BCUT2D eigenvalue weighted by Crippen LogP contribution is -2.03. The Morgan fingerprint density at radius 2 is 2.35 bits per heavy atom. The minimum Gasteiger partial charge on any atom is -0.385 e. The van der Waals surface area contributed by atoms with E-state index in [-0.39, 0.29) is 0 Å². The summed E-state index contributed by atoms with van der Waals surface area (Å²) in [7, 11) is 0. The van der Waals surface area contributed by atoms with Crippen molar-refractivity contribution >= 4 is 5.69 Å². The fourth-order valence-electron chi connectivity index (χ4n) is 1.54. The molecule has 0 unspecified atom stereocenters. The van der Waals surface area contributed by atoms with E-state index in [4.69, 9.17) is 5.26 Å². The van der Waals surface area contributed by atoms with E-state index in [2.05, 4.69) is 26.6 Å². The summed E-state index contributed by atoms with van der Waals surface area (Å²) in [4.78, 5) is 4.05. The molecular formula is C12H13N5. The molecule has 1 aromatic carbocycles. The molecule has 2 aromatic rings. The van der Waals surface area contributed by atoms with Gasteiger partial charge in [0.25, 0.3) is 0 Å². The summed E-state index contributed by atoms with van der Waals surface area (Å²) >= 11 is 0. The standard InChI is InChI=1S/C12H13N5/c13-8-10-3-1-4-11(7-10)14-6-2-5-12-15-9-16-17-12/h1,3-4,7,9,14H,2,5-6H2,(H,15,16,17). The average molecular weight is 227 g/mol. The monoisotopic (exact) mass is 227 g/mol. The second-order valence-electron chi connectivity index (χ2n) is 3.66. The number of rotatable bonds is 5. The van der Waals surface area contributed by atoms with Gasteiger partial charge in [0.15, 0.2) is 0 Å². The summed E-state index contributed by atoms with van der Waals surface area (Å²) in [5.74, 6) is 0.901. The van der Waals surface area contributed by atoms with Gasteiger partial charge in [0.1, 0.15) is 12.2 Å². The lowest BCUT2D eigenvalue weighted by molar-refractivity contribution is 0.806. The molecule has 0 aliphatic carbocycles. The molecule has 0 spiro atoms. The van der Waals surface area contributed by atoms with Crippen LogP contribution in [-0.4, -0.2) is 21.7 Å². The highest BCUT2D eigenvalue weighted by molar-refractivity contribution is 5.48. The van der Waals surface area contributed by atoms with Crippen LogP contribution in [0.5, 0.6) is 0 Å². The molecular weight excluding hydrogens is 214 g/mol. The molecule has 0 bridgehead atoms. The van der Waals surface area contributed by atoms with Crippen molar-refractivity contribution in [2.24, 2.45) is 0 Å². The van der Waals surface area contributed by atoms with Crippen LogP contribution in [0.3, 0.4) is 0 Å². The SMILES string of the molecule is N#Cc1cccc(NCCCc2ncn[nH]2)c1. The van der Waals surface area contributed by atoms with Crippen LogP contribution in [0, 0.1) is 11.3 Å². The highest BCUT2D eigenvalue weighted by Gasteiger charge is 1.97. The molecule has 0 radical (unpaired) electrons. The van der Waals surface area contributed by atoms with Crippen LogP contribution in [0.15, 0.2) is 30.6 Å². The molecule has 0 aliphatic heterocycles. The molecule has 86 valence electrons. The molecule has 0 atom stereocenters. The largest absolute Gasteiger partial charge is 0.385 e. The van der Waals surface area contributed by atoms with Gasteiger partial charge in [-0.05, 0) is 24.6 Å². The average Bonchev–Trinajstić information content (AvgIpc) is 2.88. The van der Waals surface area contributed by atoms with E-state index in [0.717, 1.165) is 30.9 Å². The summed E-state index contributed by atoms with van der Waals surface area (Å²) in [5, 5.41) is 18.6. The Kier molecular flexibility index (Phi) is 3.71. The minimum atomic E-state index is 0.672. The number of benzene rings is 1. The van der Waals surface area contributed by atoms with E-state index in [9.17, 15) is 0 Å². The van der Waals surface area contributed by atoms with Gasteiger partial charge in [-0.3, -0.25) is 5.10 Å². The summed E-state index contributed by atoms with van der Waals surface area (Å²) in [6.07, 6.45) is 3.34. The molecule has 0 saturated carbocycles. The lowest BCUT2D eigenvalue weighted by Gasteiger charge is -2.05. The molecule has 1 heterocycles.